The predicted molar refractivity (Wildman–Crippen MR) is 62.6 cm³/mol. The zero-order valence-electron chi connectivity index (χ0n) is 9.69. The van der Waals surface area contributed by atoms with E-state index in [2.05, 4.69) is 14.9 Å². The van der Waals surface area contributed by atoms with Gasteiger partial charge in [0.05, 0.1) is 6.61 Å². The number of amides is 1. The van der Waals surface area contributed by atoms with Crippen LogP contribution in [0.1, 0.15) is 16.1 Å². The van der Waals surface area contributed by atoms with Crippen molar-refractivity contribution in [3.05, 3.63) is 47.8 Å². The molecule has 1 heterocycles. The molecule has 1 aromatic carbocycles. The zero-order chi connectivity index (χ0) is 12.8. The molecule has 6 nitrogen and oxygen atoms in total. The van der Waals surface area contributed by atoms with Crippen LogP contribution in [0, 0.1) is 0 Å². The minimum absolute atomic E-state index is 0.107. The standard InChI is InChI=1S/C12H13N3O3/c16-7-6-15(9-10-4-2-1-3-5-10)12(17)11-8-13-18-14-11/h1-5,8,16H,6-7,9H2. The van der Waals surface area contributed by atoms with Gasteiger partial charge >= 0.3 is 0 Å². The maximum absolute atomic E-state index is 12.1. The normalized spacial score (nSPS) is 10.3. The number of hydrogen-bond donors (Lipinski definition) is 1. The molecule has 0 unspecified atom stereocenters. The van der Waals surface area contributed by atoms with Crippen LogP contribution >= 0.6 is 0 Å². The monoisotopic (exact) mass is 247 g/mol. The Morgan fingerprint density at radius 3 is 2.72 bits per heavy atom. The summed E-state index contributed by atoms with van der Waals surface area (Å²) >= 11 is 0. The summed E-state index contributed by atoms with van der Waals surface area (Å²) in [5.41, 5.74) is 1.12. The fraction of sp³-hybridized carbons (Fsp3) is 0.250. The minimum Gasteiger partial charge on any atom is -0.395 e. The summed E-state index contributed by atoms with van der Waals surface area (Å²) in [6.45, 7) is 0.539. The molecule has 0 saturated heterocycles. The Labute approximate surface area is 104 Å². The molecule has 0 spiro atoms. The largest absolute Gasteiger partial charge is 0.395 e. The van der Waals surface area contributed by atoms with Gasteiger partial charge < -0.3 is 10.0 Å². The van der Waals surface area contributed by atoms with Crippen molar-refractivity contribution in [2.24, 2.45) is 0 Å². The highest BCUT2D eigenvalue weighted by Crippen LogP contribution is 2.07. The van der Waals surface area contributed by atoms with Crippen LogP contribution < -0.4 is 0 Å². The maximum atomic E-state index is 12.1. The fourth-order valence-electron chi connectivity index (χ4n) is 1.60. The Morgan fingerprint density at radius 2 is 2.11 bits per heavy atom. The third-order valence-corrected chi connectivity index (χ3v) is 2.45. The Kier molecular flexibility index (Phi) is 4.03. The van der Waals surface area contributed by atoms with E-state index in [9.17, 15) is 4.79 Å². The third-order valence-electron chi connectivity index (χ3n) is 2.45. The highest BCUT2D eigenvalue weighted by molar-refractivity contribution is 5.91. The fourth-order valence-corrected chi connectivity index (χ4v) is 1.60. The molecule has 0 radical (unpaired) electrons. The van der Waals surface area contributed by atoms with Crippen LogP contribution in [0.5, 0.6) is 0 Å². The lowest BCUT2D eigenvalue weighted by Gasteiger charge is -2.20. The number of aliphatic hydroxyl groups excluding tert-OH is 1. The van der Waals surface area contributed by atoms with Gasteiger partial charge in [0.15, 0.2) is 5.69 Å². The number of hydrogen-bond acceptors (Lipinski definition) is 5. The van der Waals surface area contributed by atoms with Crippen LogP contribution in [0.4, 0.5) is 0 Å². The average Bonchev–Trinajstić information content (AvgIpc) is 2.92. The highest BCUT2D eigenvalue weighted by Gasteiger charge is 2.18. The number of aromatic nitrogens is 2. The van der Waals surface area contributed by atoms with Gasteiger partial charge in [0, 0.05) is 13.1 Å². The SMILES string of the molecule is O=C(c1cnon1)N(CCO)Cc1ccccc1. The highest BCUT2D eigenvalue weighted by atomic mass is 16.6. The summed E-state index contributed by atoms with van der Waals surface area (Å²) in [5, 5.41) is 15.9. The van der Waals surface area contributed by atoms with Crippen LogP contribution in [0.25, 0.3) is 0 Å². The van der Waals surface area contributed by atoms with Gasteiger partial charge in [0.25, 0.3) is 5.91 Å². The van der Waals surface area contributed by atoms with Gasteiger partial charge in [0.2, 0.25) is 0 Å². The van der Waals surface area contributed by atoms with Crippen molar-refractivity contribution in [3.63, 3.8) is 0 Å². The molecule has 1 aromatic heterocycles. The second-order valence-electron chi connectivity index (χ2n) is 3.73. The van der Waals surface area contributed by atoms with E-state index < -0.39 is 0 Å². The van der Waals surface area contributed by atoms with Crippen molar-refractivity contribution in [2.45, 2.75) is 6.54 Å². The van der Waals surface area contributed by atoms with Crippen molar-refractivity contribution in [1.29, 1.82) is 0 Å². The molecule has 0 aliphatic rings. The summed E-state index contributed by atoms with van der Waals surface area (Å²) < 4.78 is 4.40. The van der Waals surface area contributed by atoms with Crippen molar-refractivity contribution < 1.29 is 14.5 Å². The molecule has 0 aliphatic heterocycles. The Balaban J connectivity index is 2.11. The van der Waals surface area contributed by atoms with Crippen LogP contribution in [-0.4, -0.2) is 39.4 Å². The second-order valence-corrected chi connectivity index (χ2v) is 3.73. The summed E-state index contributed by atoms with van der Waals surface area (Å²) in [6.07, 6.45) is 1.26. The summed E-state index contributed by atoms with van der Waals surface area (Å²) in [5.74, 6) is -0.311. The van der Waals surface area contributed by atoms with Gasteiger partial charge in [0.1, 0.15) is 6.20 Å². The van der Waals surface area contributed by atoms with Crippen molar-refractivity contribution >= 4 is 5.91 Å². The van der Waals surface area contributed by atoms with Gasteiger partial charge in [-0.3, -0.25) is 4.79 Å². The van der Waals surface area contributed by atoms with Crippen LogP contribution in [0.3, 0.4) is 0 Å². The first kappa shape index (κ1) is 12.3. The smallest absolute Gasteiger partial charge is 0.278 e. The summed E-state index contributed by atoms with van der Waals surface area (Å²) in [7, 11) is 0. The third kappa shape index (κ3) is 2.92. The number of carbonyl (C=O) groups is 1. The summed E-state index contributed by atoms with van der Waals surface area (Å²) in [6, 6.07) is 9.53. The minimum atomic E-state index is -0.311. The van der Waals surface area contributed by atoms with E-state index in [1.54, 1.807) is 0 Å². The molecule has 94 valence electrons. The van der Waals surface area contributed by atoms with Gasteiger partial charge in [-0.2, -0.15) is 0 Å². The van der Waals surface area contributed by atoms with Crippen molar-refractivity contribution in [3.8, 4) is 0 Å². The molecule has 1 N–H and O–H groups in total. The van der Waals surface area contributed by atoms with Gasteiger partial charge in [-0.1, -0.05) is 35.5 Å². The maximum Gasteiger partial charge on any atom is 0.278 e. The molecule has 1 amide bonds. The Morgan fingerprint density at radius 1 is 1.33 bits per heavy atom. The number of benzene rings is 1. The van der Waals surface area contributed by atoms with Crippen LogP contribution in [0.2, 0.25) is 0 Å². The second kappa shape index (κ2) is 5.92. The van der Waals surface area contributed by atoms with E-state index in [1.807, 2.05) is 30.3 Å². The van der Waals surface area contributed by atoms with Gasteiger partial charge in [-0.05, 0) is 10.7 Å². The topological polar surface area (TPSA) is 79.5 Å². The van der Waals surface area contributed by atoms with Crippen molar-refractivity contribution in [2.75, 3.05) is 13.2 Å². The van der Waals surface area contributed by atoms with Crippen LogP contribution in [-0.2, 0) is 6.54 Å². The van der Waals surface area contributed by atoms with E-state index in [0.29, 0.717) is 6.54 Å². The number of nitrogens with zero attached hydrogens (tertiary/aromatic N) is 3. The first-order chi connectivity index (χ1) is 8.81. The van der Waals surface area contributed by atoms with Crippen molar-refractivity contribution in [1.82, 2.24) is 15.2 Å². The van der Waals surface area contributed by atoms with E-state index >= 15 is 0 Å². The first-order valence-corrected chi connectivity index (χ1v) is 5.53. The Hall–Kier alpha value is -2.21. The molecule has 2 aromatic rings. The van der Waals surface area contributed by atoms with E-state index in [0.717, 1.165) is 5.56 Å². The molecule has 0 saturated carbocycles. The average molecular weight is 247 g/mol. The lowest BCUT2D eigenvalue weighted by Crippen LogP contribution is -2.33. The number of rotatable bonds is 5. The lowest BCUT2D eigenvalue weighted by atomic mass is 10.2. The number of carbonyl (C=O) groups excluding carboxylic acids is 1. The molecular weight excluding hydrogens is 234 g/mol. The lowest BCUT2D eigenvalue weighted by molar-refractivity contribution is 0.0696. The molecule has 18 heavy (non-hydrogen) atoms. The molecule has 0 atom stereocenters. The molecule has 0 aliphatic carbocycles. The first-order valence-electron chi connectivity index (χ1n) is 5.53. The predicted octanol–water partition coefficient (Wildman–Crippen LogP) is 0.704. The Bertz CT molecular complexity index is 485. The molecule has 6 heteroatoms. The van der Waals surface area contributed by atoms with E-state index in [4.69, 9.17) is 5.11 Å². The number of aliphatic hydroxyl groups is 1. The molecular formula is C12H13N3O3. The molecule has 0 fully saturated rings. The zero-order valence-corrected chi connectivity index (χ0v) is 9.69. The van der Waals surface area contributed by atoms with Gasteiger partial charge in [-0.25, -0.2) is 4.63 Å². The molecule has 0 bridgehead atoms. The summed E-state index contributed by atoms with van der Waals surface area (Å²) in [4.78, 5) is 13.5. The van der Waals surface area contributed by atoms with E-state index in [-0.39, 0.29) is 24.8 Å². The quantitative estimate of drug-likeness (QED) is 0.841. The van der Waals surface area contributed by atoms with Gasteiger partial charge in [-0.15, -0.1) is 0 Å². The van der Waals surface area contributed by atoms with E-state index in [1.165, 1.54) is 11.1 Å². The molecule has 2 rings (SSSR count). The van der Waals surface area contributed by atoms with Crippen LogP contribution in [0.15, 0.2) is 41.2 Å².